The molecule has 0 radical (unpaired) electrons. The Kier molecular flexibility index (Phi) is 21.1. The minimum absolute atomic E-state index is 0.0762. The lowest BCUT2D eigenvalue weighted by molar-refractivity contribution is -0.326. The number of aliphatic hydroxyl groups excluding tert-OH is 8. The van der Waals surface area contributed by atoms with E-state index in [2.05, 4.69) is 0 Å². The minimum atomic E-state index is -2.05. The molecule has 1 aliphatic carbocycles. The van der Waals surface area contributed by atoms with Gasteiger partial charge in [0.1, 0.15) is 60.5 Å². The number of phenols is 2. The number of esters is 3. The standard InChI is InChI=1S/C49H62O21/c1-25(12-8-14-27(3)45(62)69-44-33(54)21-49(64,29(5)51)22-34(44)66-37(55)19-17-30-16-18-31(52)32(53)20-30)10-6-7-11-26(2)13-9-15-28(4)46(63)70-48-43(61)41(59)39(57)36(68-48)24-65-47-42(60)40(58)38(56)35(23-50)67-47/h6-20,33-36,38-44,47-48,50,52-54,56-61,64H,21-24H2,1-5H3/b7-6+,12-8+,13-9+,19-17+,25-10+,26-11+,27-14+,28-15+/t33-,34-,35?,36?,38-,39-,40+,41+,42?,43?,44-,47-,48+,49+/m1/s1. The highest BCUT2D eigenvalue weighted by atomic mass is 16.7. The predicted molar refractivity (Wildman–Crippen MR) is 244 cm³/mol. The van der Waals surface area contributed by atoms with Gasteiger partial charge in [-0.05, 0) is 58.4 Å². The molecule has 1 saturated carbocycles. The number of aliphatic hydroxyl groups is 9. The zero-order chi connectivity index (χ0) is 52.0. The van der Waals surface area contributed by atoms with E-state index in [9.17, 15) is 75.3 Å². The van der Waals surface area contributed by atoms with Crippen molar-refractivity contribution in [2.24, 2.45) is 0 Å². The quantitative estimate of drug-likeness (QED) is 0.0304. The largest absolute Gasteiger partial charge is 0.504 e. The molecule has 0 spiro atoms. The van der Waals surface area contributed by atoms with Crippen molar-refractivity contribution in [3.05, 3.63) is 113 Å². The fraction of sp³-hybridized carbons (Fsp3) is 0.469. The molecular weight excluding hydrogens is 925 g/mol. The molecule has 0 amide bonds. The maximum absolute atomic E-state index is 13.1. The Morgan fingerprint density at radius 2 is 1.19 bits per heavy atom. The minimum Gasteiger partial charge on any atom is -0.504 e. The van der Waals surface area contributed by atoms with E-state index in [-0.39, 0.29) is 16.9 Å². The Morgan fingerprint density at radius 1 is 0.643 bits per heavy atom. The van der Waals surface area contributed by atoms with E-state index >= 15 is 0 Å². The maximum Gasteiger partial charge on any atom is 0.336 e. The van der Waals surface area contributed by atoms with Crippen molar-refractivity contribution >= 4 is 29.8 Å². The fourth-order valence-corrected chi connectivity index (χ4v) is 7.10. The van der Waals surface area contributed by atoms with Crippen LogP contribution in [0.1, 0.15) is 53.0 Å². The predicted octanol–water partition coefficient (Wildman–Crippen LogP) is 0.0305. The molecule has 0 bridgehead atoms. The van der Waals surface area contributed by atoms with E-state index in [4.69, 9.17) is 28.4 Å². The summed E-state index contributed by atoms with van der Waals surface area (Å²) in [5.74, 6) is -4.21. The van der Waals surface area contributed by atoms with Crippen molar-refractivity contribution in [2.45, 2.75) is 133 Å². The first-order chi connectivity index (χ1) is 33.0. The number of benzene rings is 1. The van der Waals surface area contributed by atoms with Crippen molar-refractivity contribution in [1.82, 2.24) is 0 Å². The zero-order valence-corrected chi connectivity index (χ0v) is 39.0. The third kappa shape index (κ3) is 15.7. The van der Waals surface area contributed by atoms with Gasteiger partial charge >= 0.3 is 17.9 Å². The topological polar surface area (TPSA) is 346 Å². The number of allylic oxidation sites excluding steroid dienone is 12. The molecule has 21 nitrogen and oxygen atoms in total. The van der Waals surface area contributed by atoms with Gasteiger partial charge in [-0.2, -0.15) is 0 Å². The molecule has 14 atom stereocenters. The van der Waals surface area contributed by atoms with Gasteiger partial charge in [-0.1, -0.05) is 78.0 Å². The number of Topliss-reactive ketones (excluding diaryl/α,β-unsaturated/α-hetero) is 1. The summed E-state index contributed by atoms with van der Waals surface area (Å²) in [6, 6.07) is 3.82. The van der Waals surface area contributed by atoms with Crippen molar-refractivity contribution in [3.8, 4) is 11.5 Å². The molecule has 1 aromatic carbocycles. The third-order valence-electron chi connectivity index (χ3n) is 11.5. The molecule has 2 heterocycles. The van der Waals surface area contributed by atoms with Crippen LogP contribution in [0.25, 0.3) is 6.08 Å². The van der Waals surface area contributed by atoms with E-state index in [1.54, 1.807) is 62.5 Å². The second kappa shape index (κ2) is 26.0. The number of hydrogen-bond acceptors (Lipinski definition) is 21. The average Bonchev–Trinajstić information content (AvgIpc) is 3.31. The van der Waals surface area contributed by atoms with Crippen LogP contribution >= 0.6 is 0 Å². The molecular formula is C49H62O21. The zero-order valence-electron chi connectivity index (χ0n) is 39.0. The Hall–Kier alpha value is -5.66. The Bertz CT molecular complexity index is 2250. The number of aromatic hydroxyl groups is 2. The van der Waals surface area contributed by atoms with E-state index in [1.807, 2.05) is 0 Å². The summed E-state index contributed by atoms with van der Waals surface area (Å²) in [6.45, 7) is 6.30. The summed E-state index contributed by atoms with van der Waals surface area (Å²) in [7, 11) is 0. The van der Waals surface area contributed by atoms with Crippen LogP contribution in [0.2, 0.25) is 0 Å². The molecule has 21 heteroatoms. The van der Waals surface area contributed by atoms with Gasteiger partial charge in [0.05, 0.1) is 19.3 Å². The van der Waals surface area contributed by atoms with Crippen LogP contribution in [0.15, 0.2) is 107 Å². The van der Waals surface area contributed by atoms with E-state index in [0.717, 1.165) is 24.1 Å². The molecule has 384 valence electrons. The van der Waals surface area contributed by atoms with E-state index < -0.39 is 141 Å². The Morgan fingerprint density at radius 3 is 1.74 bits per heavy atom. The molecule has 2 saturated heterocycles. The van der Waals surface area contributed by atoms with Crippen LogP contribution in [0.4, 0.5) is 0 Å². The second-order valence-corrected chi connectivity index (χ2v) is 17.1. The maximum atomic E-state index is 13.1. The molecule has 11 N–H and O–H groups in total. The van der Waals surface area contributed by atoms with Crippen molar-refractivity contribution in [1.29, 1.82) is 0 Å². The van der Waals surface area contributed by atoms with Gasteiger partial charge in [-0.25, -0.2) is 14.4 Å². The third-order valence-corrected chi connectivity index (χ3v) is 11.5. The summed E-state index contributed by atoms with van der Waals surface area (Å²) < 4.78 is 32.4. The Balaban J connectivity index is 1.28. The summed E-state index contributed by atoms with van der Waals surface area (Å²) >= 11 is 0. The molecule has 0 aromatic heterocycles. The highest BCUT2D eigenvalue weighted by molar-refractivity contribution is 5.90. The number of ketones is 1. The monoisotopic (exact) mass is 986 g/mol. The van der Waals surface area contributed by atoms with Gasteiger partial charge < -0.3 is 84.6 Å². The SMILES string of the molecule is CC(=O)[C@]1(O)C[C@@H](O)[C@@H](OC(=O)/C(C)=C/C=C/C(C)=C/C=C/C=C(C)/C=C/C=C(\C)C(=O)O[C@@H]2OC(CO[C@@H]3OC(CO)[C@@H](O)[C@H](O)C3O)[C@@H](O)[C@H](O)C2O)[C@H](OC(=O)/C=C/c2ccc(O)c(O)c2)C1. The van der Waals surface area contributed by atoms with E-state index in [1.165, 1.54) is 50.3 Å². The molecule has 1 aromatic rings. The van der Waals surface area contributed by atoms with Gasteiger partial charge in [-0.15, -0.1) is 0 Å². The first-order valence-electron chi connectivity index (χ1n) is 22.0. The van der Waals surface area contributed by atoms with Gasteiger partial charge in [0.2, 0.25) is 6.29 Å². The van der Waals surface area contributed by atoms with Crippen molar-refractivity contribution in [3.63, 3.8) is 0 Å². The first kappa shape index (κ1) is 56.9. The van der Waals surface area contributed by atoms with Crippen molar-refractivity contribution in [2.75, 3.05) is 13.2 Å². The lowest BCUT2D eigenvalue weighted by atomic mass is 9.77. The van der Waals surface area contributed by atoms with Gasteiger partial charge in [0.15, 0.2) is 29.7 Å². The number of rotatable bonds is 18. The smallest absolute Gasteiger partial charge is 0.336 e. The summed E-state index contributed by atoms with van der Waals surface area (Å²) in [5.41, 5.74) is 0.0293. The lowest BCUT2D eigenvalue weighted by Crippen LogP contribution is -2.61. The highest BCUT2D eigenvalue weighted by Crippen LogP contribution is 2.34. The fourth-order valence-electron chi connectivity index (χ4n) is 7.10. The number of ether oxygens (including phenoxy) is 6. The van der Waals surface area contributed by atoms with Crippen LogP contribution in [0.5, 0.6) is 11.5 Å². The van der Waals surface area contributed by atoms with Crippen LogP contribution in [-0.4, -0.2) is 178 Å². The number of hydrogen-bond donors (Lipinski definition) is 11. The Labute approximate surface area is 403 Å². The van der Waals surface area contributed by atoms with Crippen LogP contribution < -0.4 is 0 Å². The summed E-state index contributed by atoms with van der Waals surface area (Å²) in [6.07, 6.45) is -3.18. The molecule has 3 aliphatic rings. The summed E-state index contributed by atoms with van der Waals surface area (Å²) in [5, 5.41) is 112. The lowest BCUT2D eigenvalue weighted by Gasteiger charge is -2.42. The molecule has 70 heavy (non-hydrogen) atoms. The molecule has 2 aliphatic heterocycles. The second-order valence-electron chi connectivity index (χ2n) is 17.1. The first-order valence-corrected chi connectivity index (χ1v) is 22.0. The molecule has 3 fully saturated rings. The van der Waals surface area contributed by atoms with E-state index in [0.29, 0.717) is 5.56 Å². The number of carbonyl (C=O) groups is 4. The normalized spacial score (nSPS) is 32.7. The van der Waals surface area contributed by atoms with Gasteiger partial charge in [-0.3, -0.25) is 4.79 Å². The number of carbonyl (C=O) groups excluding carboxylic acids is 4. The summed E-state index contributed by atoms with van der Waals surface area (Å²) in [4.78, 5) is 50.9. The van der Waals surface area contributed by atoms with Gasteiger partial charge in [0, 0.05) is 30.1 Å². The van der Waals surface area contributed by atoms with Crippen LogP contribution in [0.3, 0.4) is 0 Å². The highest BCUT2D eigenvalue weighted by Gasteiger charge is 2.51. The van der Waals surface area contributed by atoms with Crippen LogP contribution in [-0.2, 0) is 47.6 Å². The molecule has 4 rings (SSSR count). The average molecular weight is 987 g/mol. The number of phenolic OH excluding ortho intramolecular Hbond substituents is 2. The van der Waals surface area contributed by atoms with Crippen LogP contribution in [0, 0.1) is 0 Å². The molecule has 4 unspecified atom stereocenters. The van der Waals surface area contributed by atoms with Gasteiger partial charge in [0.25, 0.3) is 0 Å². The van der Waals surface area contributed by atoms with Crippen molar-refractivity contribution < 1.29 is 104 Å².